The van der Waals surface area contributed by atoms with Crippen LogP contribution in [0.5, 0.6) is 0 Å². The number of piperidine rings is 1. The van der Waals surface area contributed by atoms with Gasteiger partial charge < -0.3 is 39.2 Å². The lowest BCUT2D eigenvalue weighted by atomic mass is 9.84. The molecule has 3 aromatic heterocycles. The number of ether oxygens (including phenoxy) is 2. The molecule has 6 rings (SSSR count). The summed E-state index contributed by atoms with van der Waals surface area (Å²) in [5.74, 6) is -0.855. The lowest BCUT2D eigenvalue weighted by Crippen LogP contribution is -2.61. The van der Waals surface area contributed by atoms with E-state index in [0.717, 1.165) is 71.3 Å². The maximum absolute atomic E-state index is 14.5. The number of nitrogens with zero attached hydrogens (tertiary/aromatic N) is 7. The van der Waals surface area contributed by atoms with E-state index in [1.54, 1.807) is 38.1 Å². The Hall–Kier alpha value is -5.20. The third-order valence-corrected chi connectivity index (χ3v) is 14.6. The average Bonchev–Trinajstić information content (AvgIpc) is 3.93. The summed E-state index contributed by atoms with van der Waals surface area (Å²) in [6.07, 6.45) is 6.36. The number of carbonyl (C=O) groups excluding carboxylic acids is 4. The quantitative estimate of drug-likeness (QED) is 0.0778. The summed E-state index contributed by atoms with van der Waals surface area (Å²) in [7, 11) is 6.85. The van der Waals surface area contributed by atoms with Gasteiger partial charge in [-0.25, -0.2) is 15.2 Å². The van der Waals surface area contributed by atoms with Crippen LogP contribution in [0.2, 0.25) is 0 Å². The van der Waals surface area contributed by atoms with Crippen LogP contribution in [0.1, 0.15) is 96.0 Å². The molecule has 0 spiro atoms. The number of benzene rings is 1. The zero-order valence-corrected chi connectivity index (χ0v) is 43.2. The van der Waals surface area contributed by atoms with Crippen LogP contribution in [0, 0.1) is 17.3 Å². The summed E-state index contributed by atoms with van der Waals surface area (Å²) in [4.78, 5) is 69.6. The van der Waals surface area contributed by atoms with Crippen LogP contribution in [0.3, 0.4) is 0 Å². The van der Waals surface area contributed by atoms with Gasteiger partial charge in [-0.15, -0.1) is 11.3 Å². The van der Waals surface area contributed by atoms with E-state index < -0.39 is 30.1 Å². The van der Waals surface area contributed by atoms with Crippen molar-refractivity contribution in [3.8, 4) is 22.5 Å². The number of rotatable bonds is 20. The van der Waals surface area contributed by atoms with Crippen molar-refractivity contribution in [2.24, 2.45) is 17.3 Å². The number of aromatic nitrogens is 3. The average molecular weight is 970 g/mol. The molecule has 17 heteroatoms. The minimum absolute atomic E-state index is 0.101. The van der Waals surface area contributed by atoms with Crippen LogP contribution in [-0.2, 0) is 43.2 Å². The Morgan fingerprint density at radius 3 is 2.48 bits per heavy atom. The predicted molar refractivity (Wildman–Crippen MR) is 271 cm³/mol. The normalized spacial score (nSPS) is 17.2. The fourth-order valence-electron chi connectivity index (χ4n) is 9.98. The Balaban J connectivity index is 1.27. The number of hydrogen-bond acceptors (Lipinski definition) is 11. The van der Waals surface area contributed by atoms with E-state index in [1.807, 2.05) is 38.4 Å². The minimum atomic E-state index is -1.04. The van der Waals surface area contributed by atoms with E-state index in [-0.39, 0.29) is 35.8 Å². The van der Waals surface area contributed by atoms with Gasteiger partial charge in [-0.05, 0) is 106 Å². The van der Waals surface area contributed by atoms with Crippen LogP contribution in [-0.4, -0.2) is 143 Å². The van der Waals surface area contributed by atoms with Gasteiger partial charge in [0.15, 0.2) is 0 Å². The molecule has 1 aromatic carbocycles. The number of pyridine rings is 1. The second-order valence-corrected chi connectivity index (χ2v) is 20.8. The Morgan fingerprint density at radius 2 is 1.83 bits per heavy atom. The molecule has 4 atom stereocenters. The number of aryl methyl sites for hydroxylation is 1. The molecule has 5 amide bonds. The molecule has 0 bridgehead atoms. The lowest BCUT2D eigenvalue weighted by molar-refractivity contribution is -0.145. The number of aliphatic hydroxyl groups excluding tert-OH is 1. The van der Waals surface area contributed by atoms with Gasteiger partial charge >= 0.3 is 6.03 Å². The molecule has 69 heavy (non-hydrogen) atoms. The zero-order chi connectivity index (χ0) is 50.2. The van der Waals surface area contributed by atoms with Gasteiger partial charge in [-0.2, -0.15) is 0 Å². The number of methoxy groups -OCH3 is 2. The predicted octanol–water partition coefficient (Wildman–Crippen LogP) is 7.06. The largest absolute Gasteiger partial charge is 0.384 e. The Labute approximate surface area is 412 Å². The molecule has 0 radical (unpaired) electrons. The molecule has 2 aliphatic rings. The highest BCUT2D eigenvalue weighted by Gasteiger charge is 2.38. The minimum Gasteiger partial charge on any atom is -0.384 e. The van der Waals surface area contributed by atoms with Crippen molar-refractivity contribution in [2.45, 2.75) is 117 Å². The highest BCUT2D eigenvalue weighted by molar-refractivity contribution is 7.10. The van der Waals surface area contributed by atoms with E-state index in [2.05, 4.69) is 66.9 Å². The highest BCUT2D eigenvalue weighted by atomic mass is 32.1. The number of thiazole rings is 1. The first-order chi connectivity index (χ1) is 32.9. The SMILES string of the molecule is C=CC(=O)N(C)CCC1CCN(C(=O)N(C)[C@H](C(=O)N[C@@H](Cc2nc(-c3ccc4c(c3)c(CC(C)(C)COC)c(-c3cccnc3[C@H](C)OC)n4CC)cs2)C(=O)N2CCC[C@@H](O)N2)C(C)C)CC1. The lowest BCUT2D eigenvalue weighted by Gasteiger charge is -2.39. The molecule has 0 aliphatic carbocycles. The molecule has 3 N–H and O–H groups in total. The maximum atomic E-state index is 14.5. The van der Waals surface area contributed by atoms with Crippen molar-refractivity contribution in [1.29, 1.82) is 0 Å². The number of nitrogens with one attached hydrogen (secondary N) is 2. The standard InChI is InChI=1S/C52H75N9O7S/c1-12-45(63)57(8)25-20-35-21-26-59(27-22-35)51(66)58(9)47(33(3)4)49(64)55-40(50(65)61-24-15-17-43(62)56-61)29-44-54-41(31-69-44)36-18-19-42-38(28-36)39(30-52(6,7)32-67-10)48(60(42)13-2)37-16-14-23-53-46(37)34(5)68-11/h12,14,16,18-19,23,28,31,33-35,40,43,47,56,62H,1,13,15,17,20-22,24-27,29-30,32H2,2-11H3,(H,55,64)/t34-,40-,43+,47-/m0/s1. The summed E-state index contributed by atoms with van der Waals surface area (Å²) in [5, 5.41) is 18.6. The Morgan fingerprint density at radius 1 is 1.09 bits per heavy atom. The number of hydrogen-bond donors (Lipinski definition) is 3. The van der Waals surface area contributed by atoms with Crippen LogP contribution < -0.4 is 10.7 Å². The van der Waals surface area contributed by atoms with Crippen LogP contribution in [0.15, 0.2) is 54.6 Å². The molecule has 2 saturated heterocycles. The molecule has 5 heterocycles. The van der Waals surface area contributed by atoms with Gasteiger partial charge in [0, 0.05) is 101 Å². The third-order valence-electron chi connectivity index (χ3n) is 13.7. The number of hydrazine groups is 1. The number of fused-ring (bicyclic) bond motifs is 1. The van der Waals surface area contributed by atoms with E-state index in [0.29, 0.717) is 56.6 Å². The van der Waals surface area contributed by atoms with E-state index in [4.69, 9.17) is 19.4 Å². The monoisotopic (exact) mass is 970 g/mol. The molecule has 2 fully saturated rings. The Bertz CT molecular complexity index is 2430. The summed E-state index contributed by atoms with van der Waals surface area (Å²) in [6, 6.07) is 8.38. The number of aliphatic hydroxyl groups is 1. The van der Waals surface area contributed by atoms with Crippen LogP contribution >= 0.6 is 11.3 Å². The fourth-order valence-corrected chi connectivity index (χ4v) is 10.8. The number of carbonyl (C=O) groups is 4. The number of likely N-dealkylation sites (N-methyl/N-ethyl adjacent to an activating group) is 2. The number of urea groups is 1. The summed E-state index contributed by atoms with van der Waals surface area (Å²) in [6.45, 7) is 19.3. The molecular formula is C52H75N9O7S. The van der Waals surface area contributed by atoms with Gasteiger partial charge in [-0.3, -0.25) is 24.4 Å². The summed E-state index contributed by atoms with van der Waals surface area (Å²) < 4.78 is 13.9. The second-order valence-electron chi connectivity index (χ2n) is 19.8. The van der Waals surface area contributed by atoms with E-state index >= 15 is 0 Å². The summed E-state index contributed by atoms with van der Waals surface area (Å²) in [5.41, 5.74) is 9.62. The van der Waals surface area contributed by atoms with Gasteiger partial charge in [0.2, 0.25) is 11.8 Å². The van der Waals surface area contributed by atoms with Crippen molar-refractivity contribution in [3.05, 3.63) is 70.8 Å². The van der Waals surface area contributed by atoms with E-state index in [1.165, 1.54) is 32.9 Å². The molecule has 376 valence electrons. The number of amides is 5. The molecule has 4 aromatic rings. The molecule has 2 aliphatic heterocycles. The van der Waals surface area contributed by atoms with Gasteiger partial charge in [0.25, 0.3) is 5.91 Å². The zero-order valence-electron chi connectivity index (χ0n) is 42.4. The van der Waals surface area contributed by atoms with Gasteiger partial charge in [-0.1, -0.05) is 40.3 Å². The molecule has 16 nitrogen and oxygen atoms in total. The smallest absolute Gasteiger partial charge is 0.320 e. The van der Waals surface area contributed by atoms with Crippen molar-refractivity contribution in [1.82, 2.24) is 45.0 Å². The van der Waals surface area contributed by atoms with Crippen molar-refractivity contribution in [2.75, 3.05) is 61.1 Å². The van der Waals surface area contributed by atoms with E-state index in [9.17, 15) is 24.3 Å². The Kier molecular flexibility index (Phi) is 18.2. The first kappa shape index (κ1) is 53.2. The van der Waals surface area contributed by atoms with Crippen molar-refractivity contribution < 1.29 is 33.8 Å². The highest BCUT2D eigenvalue weighted by Crippen LogP contribution is 2.42. The second kappa shape index (κ2) is 23.6. The first-order valence-electron chi connectivity index (χ1n) is 24.4. The fraction of sp³-hybridized carbons (Fsp3) is 0.577. The van der Waals surface area contributed by atoms with Crippen LogP contribution in [0.4, 0.5) is 4.79 Å². The third kappa shape index (κ3) is 12.6. The van der Waals surface area contributed by atoms with Gasteiger partial charge in [0.1, 0.15) is 18.3 Å². The first-order valence-corrected chi connectivity index (χ1v) is 25.3. The summed E-state index contributed by atoms with van der Waals surface area (Å²) >= 11 is 1.42. The van der Waals surface area contributed by atoms with Crippen molar-refractivity contribution in [3.63, 3.8) is 0 Å². The van der Waals surface area contributed by atoms with Crippen molar-refractivity contribution >= 4 is 46.0 Å². The number of likely N-dealkylation sites (tertiary alicyclic amines) is 1. The maximum Gasteiger partial charge on any atom is 0.320 e. The topological polar surface area (TPSA) is 175 Å². The van der Waals surface area contributed by atoms with Gasteiger partial charge in [0.05, 0.1) is 34.8 Å². The molecule has 0 saturated carbocycles. The van der Waals surface area contributed by atoms with Crippen LogP contribution in [0.25, 0.3) is 33.4 Å². The molecular weight excluding hydrogens is 895 g/mol. The molecule has 0 unspecified atom stereocenters.